The molecule has 26 heavy (non-hydrogen) atoms. The van der Waals surface area contributed by atoms with Gasteiger partial charge in [0.05, 0.1) is 12.8 Å². The number of nitrogens with one attached hydrogen (secondary N) is 2. The van der Waals surface area contributed by atoms with Gasteiger partial charge in [0.25, 0.3) is 0 Å². The Morgan fingerprint density at radius 2 is 2.12 bits per heavy atom. The minimum absolute atomic E-state index is 0.0787. The van der Waals surface area contributed by atoms with E-state index in [-0.39, 0.29) is 17.9 Å². The van der Waals surface area contributed by atoms with E-state index in [0.29, 0.717) is 6.54 Å². The molecule has 2 aromatic rings. The average Bonchev–Trinajstić information content (AvgIpc) is 3.12. The Hall–Kier alpha value is -2.57. The van der Waals surface area contributed by atoms with Gasteiger partial charge in [-0.3, -0.25) is 4.79 Å². The SMILES string of the molecule is Cc1cc(NCc2ccco2)nc(N2CCC(C(=O)NC(C)C)CC2)n1. The minimum atomic E-state index is 0.0787. The van der Waals surface area contributed by atoms with E-state index in [1.54, 1.807) is 6.26 Å². The summed E-state index contributed by atoms with van der Waals surface area (Å²) >= 11 is 0. The molecule has 3 heterocycles. The lowest BCUT2D eigenvalue weighted by molar-refractivity contribution is -0.126. The molecule has 2 N–H and O–H groups in total. The van der Waals surface area contributed by atoms with Crippen molar-refractivity contribution in [3.05, 3.63) is 35.9 Å². The lowest BCUT2D eigenvalue weighted by Gasteiger charge is -2.32. The molecule has 0 aromatic carbocycles. The third-order valence-corrected chi connectivity index (χ3v) is 4.45. The van der Waals surface area contributed by atoms with Gasteiger partial charge in [0, 0.05) is 36.8 Å². The third kappa shape index (κ3) is 4.74. The van der Waals surface area contributed by atoms with Gasteiger partial charge in [-0.15, -0.1) is 0 Å². The zero-order valence-electron chi connectivity index (χ0n) is 15.7. The Morgan fingerprint density at radius 3 is 2.77 bits per heavy atom. The largest absolute Gasteiger partial charge is 0.467 e. The molecule has 7 nitrogen and oxygen atoms in total. The van der Waals surface area contributed by atoms with Crippen molar-refractivity contribution in [1.82, 2.24) is 15.3 Å². The van der Waals surface area contributed by atoms with Crippen molar-refractivity contribution < 1.29 is 9.21 Å². The number of hydrogen-bond acceptors (Lipinski definition) is 6. The summed E-state index contributed by atoms with van der Waals surface area (Å²) in [6, 6.07) is 5.90. The number of hydrogen-bond donors (Lipinski definition) is 2. The molecule has 3 rings (SSSR count). The van der Waals surface area contributed by atoms with E-state index in [1.807, 2.05) is 39.0 Å². The van der Waals surface area contributed by atoms with Gasteiger partial charge in [0.15, 0.2) is 0 Å². The van der Waals surface area contributed by atoms with Crippen LogP contribution in [0.15, 0.2) is 28.9 Å². The van der Waals surface area contributed by atoms with E-state index in [4.69, 9.17) is 4.42 Å². The molecule has 0 saturated carbocycles. The maximum atomic E-state index is 12.2. The first-order chi connectivity index (χ1) is 12.5. The normalized spacial score (nSPS) is 15.3. The van der Waals surface area contributed by atoms with Crippen LogP contribution in [-0.4, -0.2) is 35.0 Å². The second kappa shape index (κ2) is 8.21. The summed E-state index contributed by atoms with van der Waals surface area (Å²) in [4.78, 5) is 23.5. The van der Waals surface area contributed by atoms with Crippen molar-refractivity contribution in [3.8, 4) is 0 Å². The summed E-state index contributed by atoms with van der Waals surface area (Å²) in [7, 11) is 0. The van der Waals surface area contributed by atoms with Crippen molar-refractivity contribution in [1.29, 1.82) is 0 Å². The molecule has 1 amide bonds. The first-order valence-corrected chi connectivity index (χ1v) is 9.18. The summed E-state index contributed by atoms with van der Waals surface area (Å²) < 4.78 is 5.34. The molecule has 2 aromatic heterocycles. The molecule has 1 aliphatic rings. The molecule has 0 radical (unpaired) electrons. The van der Waals surface area contributed by atoms with Crippen LogP contribution >= 0.6 is 0 Å². The number of aromatic nitrogens is 2. The van der Waals surface area contributed by atoms with Crippen LogP contribution in [0.1, 0.15) is 38.1 Å². The molecule has 140 valence electrons. The van der Waals surface area contributed by atoms with E-state index in [1.165, 1.54) is 0 Å². The highest BCUT2D eigenvalue weighted by molar-refractivity contribution is 5.79. The van der Waals surface area contributed by atoms with Crippen molar-refractivity contribution in [2.45, 2.75) is 46.2 Å². The second-order valence-electron chi connectivity index (χ2n) is 7.05. The van der Waals surface area contributed by atoms with Crippen molar-refractivity contribution >= 4 is 17.7 Å². The quantitative estimate of drug-likeness (QED) is 0.827. The monoisotopic (exact) mass is 357 g/mol. The van der Waals surface area contributed by atoms with Gasteiger partial charge in [-0.1, -0.05) is 0 Å². The summed E-state index contributed by atoms with van der Waals surface area (Å²) in [5.41, 5.74) is 0.914. The Bertz CT molecular complexity index is 722. The van der Waals surface area contributed by atoms with E-state index in [2.05, 4.69) is 25.5 Å². The molecule has 1 saturated heterocycles. The number of carbonyl (C=O) groups excluding carboxylic acids is 1. The Morgan fingerprint density at radius 1 is 1.35 bits per heavy atom. The molecular formula is C19H27N5O2. The molecule has 0 atom stereocenters. The zero-order chi connectivity index (χ0) is 18.5. The van der Waals surface area contributed by atoms with Crippen LogP contribution in [0.2, 0.25) is 0 Å². The van der Waals surface area contributed by atoms with Gasteiger partial charge in [0.1, 0.15) is 11.6 Å². The van der Waals surface area contributed by atoms with Gasteiger partial charge in [-0.25, -0.2) is 4.98 Å². The van der Waals surface area contributed by atoms with Crippen molar-refractivity contribution in [3.63, 3.8) is 0 Å². The highest BCUT2D eigenvalue weighted by Gasteiger charge is 2.26. The van der Waals surface area contributed by atoms with E-state index in [0.717, 1.165) is 49.2 Å². The summed E-state index contributed by atoms with van der Waals surface area (Å²) in [5.74, 6) is 2.60. The van der Waals surface area contributed by atoms with Gasteiger partial charge in [-0.05, 0) is 45.7 Å². The van der Waals surface area contributed by atoms with Gasteiger partial charge >= 0.3 is 0 Å². The fourth-order valence-corrected chi connectivity index (χ4v) is 3.12. The topological polar surface area (TPSA) is 83.3 Å². The van der Waals surface area contributed by atoms with Crippen LogP contribution in [0.25, 0.3) is 0 Å². The van der Waals surface area contributed by atoms with Crippen LogP contribution in [0, 0.1) is 12.8 Å². The average molecular weight is 357 g/mol. The number of furan rings is 1. The molecule has 0 spiro atoms. The smallest absolute Gasteiger partial charge is 0.227 e. The molecule has 1 fully saturated rings. The number of rotatable bonds is 6. The number of aryl methyl sites for hydroxylation is 1. The molecule has 0 aliphatic carbocycles. The number of piperidine rings is 1. The first kappa shape index (κ1) is 18.2. The number of carbonyl (C=O) groups is 1. The van der Waals surface area contributed by atoms with Crippen LogP contribution < -0.4 is 15.5 Å². The van der Waals surface area contributed by atoms with Crippen LogP contribution in [-0.2, 0) is 11.3 Å². The maximum absolute atomic E-state index is 12.2. The Labute approximate surface area is 154 Å². The molecule has 1 aliphatic heterocycles. The lowest BCUT2D eigenvalue weighted by atomic mass is 9.96. The van der Waals surface area contributed by atoms with Crippen LogP contribution in [0.4, 0.5) is 11.8 Å². The predicted molar refractivity (Wildman–Crippen MR) is 101 cm³/mol. The lowest BCUT2D eigenvalue weighted by Crippen LogP contribution is -2.43. The Kier molecular flexibility index (Phi) is 5.75. The third-order valence-electron chi connectivity index (χ3n) is 4.45. The summed E-state index contributed by atoms with van der Waals surface area (Å²) in [6.07, 6.45) is 3.31. The first-order valence-electron chi connectivity index (χ1n) is 9.18. The fourth-order valence-electron chi connectivity index (χ4n) is 3.12. The van der Waals surface area contributed by atoms with Gasteiger partial charge < -0.3 is 20.0 Å². The van der Waals surface area contributed by atoms with Crippen LogP contribution in [0.3, 0.4) is 0 Å². The summed E-state index contributed by atoms with van der Waals surface area (Å²) in [6.45, 7) is 8.11. The summed E-state index contributed by atoms with van der Waals surface area (Å²) in [5, 5.41) is 6.29. The number of anilines is 2. The fraction of sp³-hybridized carbons (Fsp3) is 0.526. The van der Waals surface area contributed by atoms with E-state index < -0.39 is 0 Å². The number of nitrogens with zero attached hydrogens (tertiary/aromatic N) is 3. The van der Waals surface area contributed by atoms with E-state index in [9.17, 15) is 4.79 Å². The van der Waals surface area contributed by atoms with Gasteiger partial charge in [-0.2, -0.15) is 4.98 Å². The maximum Gasteiger partial charge on any atom is 0.227 e. The highest BCUT2D eigenvalue weighted by Crippen LogP contribution is 2.22. The molecule has 0 unspecified atom stereocenters. The highest BCUT2D eigenvalue weighted by atomic mass is 16.3. The van der Waals surface area contributed by atoms with Crippen LogP contribution in [0.5, 0.6) is 0 Å². The standard InChI is InChI=1S/C19H27N5O2/c1-13(2)21-18(25)15-6-8-24(9-7-15)19-22-14(3)11-17(23-19)20-12-16-5-4-10-26-16/h4-5,10-11,13,15H,6-9,12H2,1-3H3,(H,21,25)(H,20,22,23). The van der Waals surface area contributed by atoms with Crippen molar-refractivity contribution in [2.24, 2.45) is 5.92 Å². The van der Waals surface area contributed by atoms with Gasteiger partial charge in [0.2, 0.25) is 11.9 Å². The van der Waals surface area contributed by atoms with Crippen molar-refractivity contribution in [2.75, 3.05) is 23.3 Å². The second-order valence-corrected chi connectivity index (χ2v) is 7.05. The Balaban J connectivity index is 1.60. The zero-order valence-corrected chi connectivity index (χ0v) is 15.7. The molecular weight excluding hydrogens is 330 g/mol. The van der Waals surface area contributed by atoms with E-state index >= 15 is 0 Å². The molecule has 7 heteroatoms. The predicted octanol–water partition coefficient (Wildman–Crippen LogP) is 2.73. The molecule has 0 bridgehead atoms. The minimum Gasteiger partial charge on any atom is -0.467 e. The number of amides is 1.